The lowest BCUT2D eigenvalue weighted by atomic mass is 9.89. The van der Waals surface area contributed by atoms with Crippen LogP contribution in [0, 0.1) is 11.7 Å². The van der Waals surface area contributed by atoms with Crippen molar-refractivity contribution < 1.29 is 38.1 Å². The summed E-state index contributed by atoms with van der Waals surface area (Å²) in [6.45, 7) is 12.7. The van der Waals surface area contributed by atoms with Crippen molar-refractivity contribution in [2.45, 2.75) is 71.4 Å². The molecule has 1 spiro atoms. The fourth-order valence-corrected chi connectivity index (χ4v) is 8.66. The molecule has 2 saturated heterocycles. The fourth-order valence-electron chi connectivity index (χ4n) is 7.68. The monoisotopic (exact) mass is 808 g/mol. The molecule has 310 valence electrons. The number of likely N-dealkylation sites (tertiary alicyclic amines) is 1. The molecule has 13 nitrogen and oxygen atoms in total. The zero-order valence-corrected chi connectivity index (χ0v) is 34.3. The minimum Gasteiger partial charge on any atom is -0.506 e. The molecular formula is C42H57FN6O7S. The minimum atomic E-state index is -0.389. The van der Waals surface area contributed by atoms with Gasteiger partial charge >= 0.3 is 0 Å². The number of carbonyl (C=O) groups is 3. The van der Waals surface area contributed by atoms with Crippen LogP contribution in [0.1, 0.15) is 72.2 Å². The number of hydrogen-bond donors (Lipinski definition) is 3. The molecule has 3 N–H and O–H groups in total. The fraction of sp³-hybridized carbons (Fsp3) is 0.571. The maximum absolute atomic E-state index is 15.7. The van der Waals surface area contributed by atoms with Crippen molar-refractivity contribution in [2.24, 2.45) is 5.92 Å². The molecule has 3 aliphatic rings. The summed E-state index contributed by atoms with van der Waals surface area (Å²) in [6, 6.07) is 8.85. The number of anilines is 1. The van der Waals surface area contributed by atoms with Gasteiger partial charge in [-0.1, -0.05) is 38.1 Å². The quantitative estimate of drug-likeness (QED) is 0.123. The highest BCUT2D eigenvalue weighted by molar-refractivity contribution is 7.09. The second-order valence-corrected chi connectivity index (χ2v) is 16.5. The predicted molar refractivity (Wildman–Crippen MR) is 216 cm³/mol. The van der Waals surface area contributed by atoms with Gasteiger partial charge < -0.3 is 39.8 Å². The van der Waals surface area contributed by atoms with E-state index < -0.39 is 0 Å². The largest absolute Gasteiger partial charge is 0.506 e. The van der Waals surface area contributed by atoms with Gasteiger partial charge in [0.25, 0.3) is 11.8 Å². The van der Waals surface area contributed by atoms with Gasteiger partial charge in [-0.15, -0.1) is 11.3 Å². The third kappa shape index (κ3) is 11.3. The van der Waals surface area contributed by atoms with E-state index in [9.17, 15) is 19.5 Å². The number of phenols is 1. The van der Waals surface area contributed by atoms with E-state index in [-0.39, 0.29) is 54.5 Å². The zero-order valence-electron chi connectivity index (χ0n) is 33.4. The molecule has 4 heterocycles. The normalized spacial score (nSPS) is 16.7. The summed E-state index contributed by atoms with van der Waals surface area (Å²) in [4.78, 5) is 48.4. The van der Waals surface area contributed by atoms with Gasteiger partial charge in [-0.05, 0) is 62.3 Å². The van der Waals surface area contributed by atoms with Crippen LogP contribution in [0.25, 0.3) is 0 Å². The van der Waals surface area contributed by atoms with Crippen molar-refractivity contribution in [2.75, 3.05) is 84.1 Å². The lowest BCUT2D eigenvalue weighted by molar-refractivity contribution is -0.132. The number of aromatic hydroxyl groups is 1. The summed E-state index contributed by atoms with van der Waals surface area (Å²) >= 11 is 1.55. The van der Waals surface area contributed by atoms with E-state index in [4.69, 9.17) is 14.2 Å². The first-order chi connectivity index (χ1) is 27.5. The second-order valence-electron chi connectivity index (χ2n) is 15.5. The first-order valence-corrected chi connectivity index (χ1v) is 21.1. The Labute approximate surface area is 338 Å². The summed E-state index contributed by atoms with van der Waals surface area (Å²) in [7, 11) is 0. The van der Waals surface area contributed by atoms with Crippen LogP contribution >= 0.6 is 11.3 Å². The number of thiazole rings is 1. The van der Waals surface area contributed by atoms with Crippen molar-refractivity contribution >= 4 is 34.7 Å². The first-order valence-electron chi connectivity index (χ1n) is 20.2. The lowest BCUT2D eigenvalue weighted by Crippen LogP contribution is -2.58. The van der Waals surface area contributed by atoms with Gasteiger partial charge in [-0.3, -0.25) is 19.3 Å². The molecule has 2 aromatic carbocycles. The third-order valence-corrected chi connectivity index (χ3v) is 11.7. The van der Waals surface area contributed by atoms with E-state index in [1.54, 1.807) is 34.4 Å². The number of carbonyl (C=O) groups excluding carboxylic acids is 3. The van der Waals surface area contributed by atoms with Crippen molar-refractivity contribution in [3.8, 4) is 11.5 Å². The molecule has 0 atom stereocenters. The van der Waals surface area contributed by atoms with Crippen LogP contribution in [0.4, 0.5) is 10.1 Å². The van der Waals surface area contributed by atoms with E-state index in [2.05, 4.69) is 34.4 Å². The minimum absolute atomic E-state index is 0.000583. The van der Waals surface area contributed by atoms with Crippen LogP contribution in [-0.2, 0) is 44.9 Å². The number of fused-ring (bicyclic) bond motifs is 1. The number of nitrogens with zero attached hydrogens (tertiary/aromatic N) is 4. The zero-order chi connectivity index (χ0) is 40.4. The molecule has 3 aliphatic heterocycles. The first kappa shape index (κ1) is 42.5. The molecule has 57 heavy (non-hydrogen) atoms. The number of hydrogen-bond acceptors (Lipinski definition) is 11. The Morgan fingerprint density at radius 1 is 1.11 bits per heavy atom. The Kier molecular flexibility index (Phi) is 14.9. The number of rotatable bonds is 18. The van der Waals surface area contributed by atoms with Crippen LogP contribution < -0.4 is 15.4 Å². The molecular weight excluding hydrogens is 752 g/mol. The number of aromatic nitrogens is 1. The number of amides is 3. The molecule has 0 radical (unpaired) electrons. The smallest absolute Gasteiger partial charge is 0.273 e. The third-order valence-electron chi connectivity index (χ3n) is 10.9. The summed E-state index contributed by atoms with van der Waals surface area (Å²) in [5.41, 5.74) is 2.56. The maximum atomic E-state index is 15.7. The predicted octanol–water partition coefficient (Wildman–Crippen LogP) is 4.65. The Bertz CT molecular complexity index is 1850. The Hall–Kier alpha value is -4.15. The number of phenolic OH excluding ortho intramolecular Hbond substituents is 1. The summed E-state index contributed by atoms with van der Waals surface area (Å²) in [5, 5.41) is 18.9. The highest BCUT2D eigenvalue weighted by Gasteiger charge is 2.41. The Balaban J connectivity index is 0.872. The Morgan fingerprint density at radius 2 is 1.91 bits per heavy atom. The number of halogens is 1. The highest BCUT2D eigenvalue weighted by atomic mass is 32.1. The summed E-state index contributed by atoms with van der Waals surface area (Å²) in [5.74, 6) is 0.412. The average molecular weight is 809 g/mol. The number of ether oxygens (including phenoxy) is 3. The van der Waals surface area contributed by atoms with Gasteiger partial charge in [0, 0.05) is 63.2 Å². The van der Waals surface area contributed by atoms with Crippen LogP contribution in [0.2, 0.25) is 0 Å². The van der Waals surface area contributed by atoms with E-state index in [1.165, 1.54) is 0 Å². The molecule has 6 rings (SSSR count). The van der Waals surface area contributed by atoms with Crippen molar-refractivity contribution in [3.63, 3.8) is 0 Å². The molecule has 0 saturated carbocycles. The number of morpholine rings is 1. The molecule has 1 aromatic heterocycles. The molecule has 3 amide bonds. The molecule has 3 aromatic rings. The molecule has 2 fully saturated rings. The lowest BCUT2D eigenvalue weighted by Gasteiger charge is -2.47. The van der Waals surface area contributed by atoms with E-state index in [0.717, 1.165) is 42.9 Å². The van der Waals surface area contributed by atoms with Crippen LogP contribution in [0.5, 0.6) is 11.5 Å². The van der Waals surface area contributed by atoms with Crippen LogP contribution in [-0.4, -0.2) is 127 Å². The van der Waals surface area contributed by atoms with Gasteiger partial charge in [-0.2, -0.15) is 0 Å². The van der Waals surface area contributed by atoms with Gasteiger partial charge in [0.1, 0.15) is 22.9 Å². The summed E-state index contributed by atoms with van der Waals surface area (Å²) in [6.07, 6.45) is 3.70. The Morgan fingerprint density at radius 3 is 2.70 bits per heavy atom. The summed E-state index contributed by atoms with van der Waals surface area (Å²) < 4.78 is 33.3. The average Bonchev–Trinajstić information content (AvgIpc) is 3.66. The topological polar surface area (TPSA) is 146 Å². The molecule has 15 heteroatoms. The van der Waals surface area contributed by atoms with Crippen molar-refractivity contribution in [3.05, 3.63) is 68.9 Å². The number of benzene rings is 2. The second kappa shape index (κ2) is 20.0. The van der Waals surface area contributed by atoms with E-state index in [0.29, 0.717) is 106 Å². The van der Waals surface area contributed by atoms with Gasteiger partial charge in [0.2, 0.25) is 5.91 Å². The maximum Gasteiger partial charge on any atom is 0.273 e. The number of piperidine rings is 1. The molecule has 0 unspecified atom stereocenters. The SMILES string of the molecule is CCN(CCNCCc1ccc(O)c2c1OCC(=O)N2)C(=O)CCOCCc1cccc(CN2CCC3(CC2)CN(C(=O)c2csc(CC(C)C)n2)CCO3)c1F. The highest BCUT2D eigenvalue weighted by Crippen LogP contribution is 2.39. The molecule has 0 bridgehead atoms. The van der Waals surface area contributed by atoms with Gasteiger partial charge in [0.15, 0.2) is 12.4 Å². The number of nitrogens with one attached hydrogen (secondary N) is 2. The van der Waals surface area contributed by atoms with Crippen molar-refractivity contribution in [1.29, 1.82) is 0 Å². The standard InChI is InChI=1S/C42H57FN6O7S/c1-4-48(19-16-44-15-10-31-8-9-34(50)39-40(31)55-26-35(51)46-39)37(52)12-22-54-21-11-30-6-5-7-32(38(30)43)25-47-17-13-42(14-18-47)28-49(20-23-56-42)41(53)33-27-57-36(45-33)24-29(2)3/h5-9,27,29,44,50H,4,10-26,28H2,1-3H3,(H,46,51). The number of likely N-dealkylation sites (N-methyl/N-ethyl adjacent to an activating group) is 1. The molecule has 0 aliphatic carbocycles. The van der Waals surface area contributed by atoms with E-state index in [1.807, 2.05) is 29.3 Å². The van der Waals surface area contributed by atoms with Gasteiger partial charge in [-0.25, -0.2) is 9.37 Å². The van der Waals surface area contributed by atoms with Crippen LogP contribution in [0.15, 0.2) is 35.7 Å². The van der Waals surface area contributed by atoms with E-state index >= 15 is 4.39 Å². The van der Waals surface area contributed by atoms with Crippen LogP contribution in [0.3, 0.4) is 0 Å². The van der Waals surface area contributed by atoms with Crippen molar-refractivity contribution in [1.82, 2.24) is 25.0 Å². The van der Waals surface area contributed by atoms with Gasteiger partial charge in [0.05, 0.1) is 43.4 Å².